The highest BCUT2D eigenvalue weighted by Gasteiger charge is 2.43. The summed E-state index contributed by atoms with van der Waals surface area (Å²) in [5.41, 5.74) is 14.2. The molecule has 0 spiro atoms. The summed E-state index contributed by atoms with van der Waals surface area (Å²) in [7, 11) is 0. The summed E-state index contributed by atoms with van der Waals surface area (Å²) in [5, 5.41) is 10.1. The Morgan fingerprint density at radius 3 is 2.03 bits per heavy atom. The Kier molecular flexibility index (Phi) is 5.29. The first-order valence-corrected chi connectivity index (χ1v) is 13.9. The van der Waals surface area contributed by atoms with Gasteiger partial charge in [0.2, 0.25) is 0 Å². The van der Waals surface area contributed by atoms with Crippen molar-refractivity contribution in [3.05, 3.63) is 112 Å². The van der Waals surface area contributed by atoms with Crippen molar-refractivity contribution in [2.24, 2.45) is 16.8 Å². The lowest BCUT2D eigenvalue weighted by Crippen LogP contribution is -2.29. The molecule has 1 atom stereocenters. The van der Waals surface area contributed by atoms with Crippen molar-refractivity contribution in [1.82, 2.24) is 0 Å². The van der Waals surface area contributed by atoms with Crippen LogP contribution in [0.2, 0.25) is 0 Å². The molecule has 0 N–H and O–H groups in total. The number of rotatable bonds is 3. The number of hydrogen-bond donors (Lipinski definition) is 0. The van der Waals surface area contributed by atoms with Crippen LogP contribution >= 0.6 is 0 Å². The molecular weight excluding hydrogens is 448 g/mol. The third-order valence-corrected chi connectivity index (χ3v) is 9.54. The average Bonchev–Trinajstić information content (AvgIpc) is 3.49. The fourth-order valence-electron chi connectivity index (χ4n) is 7.98. The van der Waals surface area contributed by atoms with Crippen molar-refractivity contribution in [2.75, 3.05) is 0 Å². The monoisotopic (exact) mass is 480 g/mol. The number of para-hydroxylation sites is 1. The van der Waals surface area contributed by atoms with Gasteiger partial charge >= 0.3 is 0 Å². The van der Waals surface area contributed by atoms with Gasteiger partial charge in [-0.1, -0.05) is 73.7 Å². The molecule has 0 aromatic heterocycles. The summed E-state index contributed by atoms with van der Waals surface area (Å²) in [6, 6.07) is 29.2. The summed E-state index contributed by atoms with van der Waals surface area (Å²) in [5.74, 6) is 1.88. The Balaban J connectivity index is 1.24. The first-order chi connectivity index (χ1) is 18.2. The largest absolute Gasteiger partial charge is 0.251 e. The molecule has 1 unspecified atom stereocenters. The maximum atomic E-state index is 10.1. The molecule has 4 aliphatic rings. The zero-order chi connectivity index (χ0) is 25.1. The van der Waals surface area contributed by atoms with E-state index < -0.39 is 0 Å². The Labute approximate surface area is 220 Å². The number of benzene rings is 3. The van der Waals surface area contributed by atoms with Crippen molar-refractivity contribution in [2.45, 2.75) is 57.8 Å². The second kappa shape index (κ2) is 8.70. The number of nitrogens with zero attached hydrogens (tertiary/aromatic N) is 2. The minimum atomic E-state index is 0.152. The highest BCUT2D eigenvalue weighted by atomic mass is 14.8. The SMILES string of the molecule is CCC1=C(C2CCC(C3c4ccccc4-c4ccccc43)CC2)C2C(=Nc3ccccc32)C(C#N)=C1C. The molecule has 1 saturated carbocycles. The molecule has 0 saturated heterocycles. The molecule has 1 heterocycles. The maximum Gasteiger partial charge on any atom is 0.101 e. The zero-order valence-electron chi connectivity index (χ0n) is 21.7. The molecule has 1 aliphatic heterocycles. The molecule has 182 valence electrons. The fourth-order valence-corrected chi connectivity index (χ4v) is 7.98. The van der Waals surface area contributed by atoms with Crippen LogP contribution in [-0.4, -0.2) is 5.71 Å². The predicted octanol–water partition coefficient (Wildman–Crippen LogP) is 9.04. The lowest BCUT2D eigenvalue weighted by molar-refractivity contribution is 0.277. The van der Waals surface area contributed by atoms with E-state index in [9.17, 15) is 5.26 Å². The highest BCUT2D eigenvalue weighted by molar-refractivity contribution is 6.15. The van der Waals surface area contributed by atoms with E-state index in [-0.39, 0.29) is 5.92 Å². The highest BCUT2D eigenvalue weighted by Crippen LogP contribution is 2.56. The Morgan fingerprint density at radius 2 is 1.41 bits per heavy atom. The van der Waals surface area contributed by atoms with Crippen LogP contribution in [0, 0.1) is 23.2 Å². The van der Waals surface area contributed by atoms with Crippen molar-refractivity contribution >= 4 is 11.4 Å². The third-order valence-electron chi connectivity index (χ3n) is 9.54. The fraction of sp³-hybridized carbons (Fsp3) is 0.314. The third kappa shape index (κ3) is 3.27. The minimum Gasteiger partial charge on any atom is -0.251 e. The number of nitriles is 1. The lowest BCUT2D eigenvalue weighted by Gasteiger charge is -2.39. The molecule has 0 amide bonds. The Morgan fingerprint density at radius 1 is 0.811 bits per heavy atom. The normalized spacial score (nSPS) is 24.2. The smallest absolute Gasteiger partial charge is 0.101 e. The summed E-state index contributed by atoms with van der Waals surface area (Å²) in [4.78, 5) is 5.02. The molecule has 0 radical (unpaired) electrons. The van der Waals surface area contributed by atoms with Gasteiger partial charge in [0.25, 0.3) is 0 Å². The van der Waals surface area contributed by atoms with Crippen LogP contribution in [0.3, 0.4) is 0 Å². The van der Waals surface area contributed by atoms with Gasteiger partial charge in [0, 0.05) is 5.92 Å². The van der Waals surface area contributed by atoms with Crippen molar-refractivity contribution in [3.8, 4) is 17.2 Å². The Bertz CT molecular complexity index is 1510. The van der Waals surface area contributed by atoms with Crippen LogP contribution in [-0.2, 0) is 0 Å². The van der Waals surface area contributed by atoms with Crippen LogP contribution in [0.1, 0.15) is 74.5 Å². The maximum absolute atomic E-state index is 10.1. The van der Waals surface area contributed by atoms with E-state index in [0.717, 1.165) is 29.0 Å². The van der Waals surface area contributed by atoms with Gasteiger partial charge in [-0.05, 0) is 101 Å². The molecule has 3 aromatic rings. The Hall–Kier alpha value is -3.70. The predicted molar refractivity (Wildman–Crippen MR) is 151 cm³/mol. The molecule has 37 heavy (non-hydrogen) atoms. The molecule has 1 fully saturated rings. The second-order valence-electron chi connectivity index (χ2n) is 11.2. The van der Waals surface area contributed by atoms with Crippen molar-refractivity contribution < 1.29 is 0 Å². The van der Waals surface area contributed by atoms with Crippen molar-refractivity contribution in [1.29, 1.82) is 5.26 Å². The molecule has 7 rings (SSSR count). The van der Waals surface area contributed by atoms with Gasteiger partial charge in [-0.25, -0.2) is 0 Å². The van der Waals surface area contributed by atoms with Crippen LogP contribution in [0.4, 0.5) is 5.69 Å². The summed E-state index contributed by atoms with van der Waals surface area (Å²) in [6.07, 6.45) is 5.89. The number of fused-ring (bicyclic) bond motifs is 6. The van der Waals surface area contributed by atoms with Gasteiger partial charge in [0.05, 0.1) is 22.9 Å². The van der Waals surface area contributed by atoms with Gasteiger partial charge in [0.1, 0.15) is 6.07 Å². The summed E-state index contributed by atoms with van der Waals surface area (Å²) < 4.78 is 0. The van der Waals surface area contributed by atoms with E-state index in [1.807, 2.05) is 0 Å². The van der Waals surface area contributed by atoms with Gasteiger partial charge in [-0.3, -0.25) is 4.99 Å². The summed E-state index contributed by atoms with van der Waals surface area (Å²) in [6.45, 7) is 4.41. The van der Waals surface area contributed by atoms with E-state index in [0.29, 0.717) is 17.8 Å². The van der Waals surface area contributed by atoms with E-state index >= 15 is 0 Å². The van der Waals surface area contributed by atoms with Gasteiger partial charge in [-0.15, -0.1) is 0 Å². The molecular formula is C35H32N2. The number of allylic oxidation sites excluding steroid dienone is 4. The van der Waals surface area contributed by atoms with E-state index in [2.05, 4.69) is 92.7 Å². The van der Waals surface area contributed by atoms with Crippen LogP contribution < -0.4 is 0 Å². The lowest BCUT2D eigenvalue weighted by atomic mass is 9.64. The van der Waals surface area contributed by atoms with Gasteiger partial charge < -0.3 is 0 Å². The second-order valence-corrected chi connectivity index (χ2v) is 11.2. The first kappa shape index (κ1) is 22.5. The van der Waals surface area contributed by atoms with Crippen LogP contribution in [0.15, 0.2) is 100 Å². The standard InChI is InChI=1S/C35H32N2/c1-3-24-21(2)30(20-36)35-34(29-14-8-9-15-31(29)37-35)33(24)23-18-16-22(17-19-23)32-27-12-6-4-10-25(27)26-11-5-7-13-28(26)32/h4-15,22-23,32,34H,3,16-19H2,1-2H3. The van der Waals surface area contributed by atoms with E-state index in [4.69, 9.17) is 4.99 Å². The van der Waals surface area contributed by atoms with Crippen LogP contribution in [0.5, 0.6) is 0 Å². The van der Waals surface area contributed by atoms with Gasteiger partial charge in [-0.2, -0.15) is 5.26 Å². The molecule has 0 bridgehead atoms. The number of aliphatic imine (C=N–C) groups is 1. The topological polar surface area (TPSA) is 36.1 Å². The van der Waals surface area contributed by atoms with E-state index in [1.54, 1.807) is 5.57 Å². The van der Waals surface area contributed by atoms with E-state index in [1.165, 1.54) is 59.1 Å². The summed E-state index contributed by atoms with van der Waals surface area (Å²) >= 11 is 0. The average molecular weight is 481 g/mol. The molecule has 2 nitrogen and oxygen atoms in total. The quantitative estimate of drug-likeness (QED) is 0.368. The molecule has 2 heteroatoms. The zero-order valence-corrected chi connectivity index (χ0v) is 21.7. The van der Waals surface area contributed by atoms with Gasteiger partial charge in [0.15, 0.2) is 0 Å². The number of hydrogen-bond acceptors (Lipinski definition) is 2. The van der Waals surface area contributed by atoms with Crippen LogP contribution in [0.25, 0.3) is 11.1 Å². The van der Waals surface area contributed by atoms with Crippen molar-refractivity contribution in [3.63, 3.8) is 0 Å². The minimum absolute atomic E-state index is 0.152. The first-order valence-electron chi connectivity index (χ1n) is 13.9. The molecule has 3 aromatic carbocycles. The molecule has 3 aliphatic carbocycles.